The average Bonchev–Trinajstić information content (AvgIpc) is 3.22. The Labute approximate surface area is 144 Å². The third kappa shape index (κ3) is 2.81. The van der Waals surface area contributed by atoms with Crippen molar-refractivity contribution in [3.8, 4) is 0 Å². The molecule has 0 bridgehead atoms. The van der Waals surface area contributed by atoms with Crippen molar-refractivity contribution in [3.63, 3.8) is 0 Å². The number of fused-ring (bicyclic) bond motifs is 2. The molecule has 0 aliphatic rings. The van der Waals surface area contributed by atoms with Crippen molar-refractivity contribution in [2.75, 3.05) is 0 Å². The van der Waals surface area contributed by atoms with Gasteiger partial charge in [-0.1, -0.05) is 12.1 Å². The molecule has 0 unspecified atom stereocenters. The molecule has 1 aromatic carbocycles. The van der Waals surface area contributed by atoms with Gasteiger partial charge in [0.05, 0.1) is 28.5 Å². The fourth-order valence-corrected chi connectivity index (χ4v) is 4.02. The van der Waals surface area contributed by atoms with E-state index in [-0.39, 0.29) is 18.0 Å². The SMILES string of the molecule is O=C(Cn1cnc2sccc2c1=O)NCc1nc2ccccc2s1. The number of thiophene rings is 1. The van der Waals surface area contributed by atoms with Crippen molar-refractivity contribution < 1.29 is 4.79 Å². The molecule has 8 heteroatoms. The second-order valence-corrected chi connectivity index (χ2v) is 7.18. The number of hydrogen-bond acceptors (Lipinski definition) is 6. The van der Waals surface area contributed by atoms with Gasteiger partial charge >= 0.3 is 0 Å². The smallest absolute Gasteiger partial charge is 0.262 e. The molecule has 4 rings (SSSR count). The molecule has 1 N–H and O–H groups in total. The van der Waals surface area contributed by atoms with Crippen LogP contribution in [0.3, 0.4) is 0 Å². The summed E-state index contributed by atoms with van der Waals surface area (Å²) in [6.07, 6.45) is 1.42. The third-order valence-corrected chi connectivity index (χ3v) is 5.40. The number of amides is 1. The standard InChI is InChI=1S/C16H12N4O2S2/c21-13(8-20-9-18-15-10(16(20)22)5-6-23-15)17-7-14-19-11-3-1-2-4-12(11)24-14/h1-6,9H,7-8H2,(H,17,21). The summed E-state index contributed by atoms with van der Waals surface area (Å²) in [5.41, 5.74) is 0.728. The second kappa shape index (κ2) is 6.14. The van der Waals surface area contributed by atoms with Crippen LogP contribution in [0.25, 0.3) is 20.4 Å². The van der Waals surface area contributed by atoms with Crippen LogP contribution in [0, 0.1) is 0 Å². The van der Waals surface area contributed by atoms with Crippen LogP contribution in [0.15, 0.2) is 46.8 Å². The zero-order valence-corrected chi connectivity index (χ0v) is 14.1. The van der Waals surface area contributed by atoms with Crippen molar-refractivity contribution >= 4 is 49.0 Å². The number of hydrogen-bond donors (Lipinski definition) is 1. The molecule has 0 radical (unpaired) electrons. The molecule has 0 aliphatic heterocycles. The normalized spacial score (nSPS) is 11.2. The average molecular weight is 356 g/mol. The number of benzene rings is 1. The van der Waals surface area contributed by atoms with E-state index in [1.54, 1.807) is 17.4 Å². The van der Waals surface area contributed by atoms with E-state index in [9.17, 15) is 9.59 Å². The van der Waals surface area contributed by atoms with Crippen LogP contribution < -0.4 is 10.9 Å². The van der Waals surface area contributed by atoms with Crippen LogP contribution in [0.4, 0.5) is 0 Å². The number of rotatable bonds is 4. The van der Waals surface area contributed by atoms with Gasteiger partial charge in [-0.3, -0.25) is 14.2 Å². The number of carbonyl (C=O) groups excluding carboxylic acids is 1. The zero-order valence-electron chi connectivity index (χ0n) is 12.4. The minimum absolute atomic E-state index is 0.0531. The van der Waals surface area contributed by atoms with Crippen LogP contribution >= 0.6 is 22.7 Å². The van der Waals surface area contributed by atoms with E-state index in [1.165, 1.54) is 22.2 Å². The van der Waals surface area contributed by atoms with Gasteiger partial charge in [-0.25, -0.2) is 9.97 Å². The summed E-state index contributed by atoms with van der Waals surface area (Å²) in [5.74, 6) is -0.243. The van der Waals surface area contributed by atoms with Crippen LogP contribution in [-0.2, 0) is 17.9 Å². The largest absolute Gasteiger partial charge is 0.348 e. The van der Waals surface area contributed by atoms with E-state index in [1.807, 2.05) is 29.6 Å². The lowest BCUT2D eigenvalue weighted by Crippen LogP contribution is -2.31. The number of nitrogens with one attached hydrogen (secondary N) is 1. The molecule has 4 aromatic rings. The molecule has 24 heavy (non-hydrogen) atoms. The Bertz CT molecular complexity index is 1060. The summed E-state index contributed by atoms with van der Waals surface area (Å²) in [5, 5.41) is 6.00. The summed E-state index contributed by atoms with van der Waals surface area (Å²) in [4.78, 5) is 33.7. The second-order valence-electron chi connectivity index (χ2n) is 5.17. The molecule has 1 amide bonds. The van der Waals surface area contributed by atoms with E-state index in [4.69, 9.17) is 0 Å². The monoisotopic (exact) mass is 356 g/mol. The first-order chi connectivity index (χ1) is 11.7. The topological polar surface area (TPSA) is 76.9 Å². The van der Waals surface area contributed by atoms with E-state index in [0.29, 0.717) is 16.8 Å². The van der Waals surface area contributed by atoms with Gasteiger partial charge in [-0.05, 0) is 23.6 Å². The highest BCUT2D eigenvalue weighted by Crippen LogP contribution is 2.21. The van der Waals surface area contributed by atoms with Crippen LogP contribution in [0.1, 0.15) is 5.01 Å². The molecule has 0 fully saturated rings. The van der Waals surface area contributed by atoms with Crippen molar-refractivity contribution in [2.24, 2.45) is 0 Å². The predicted molar refractivity (Wildman–Crippen MR) is 95.3 cm³/mol. The number of thiazole rings is 1. The fraction of sp³-hybridized carbons (Fsp3) is 0.125. The van der Waals surface area contributed by atoms with E-state index in [0.717, 1.165) is 15.2 Å². The highest BCUT2D eigenvalue weighted by molar-refractivity contribution is 7.18. The molecule has 0 spiro atoms. The minimum Gasteiger partial charge on any atom is -0.348 e. The fourth-order valence-electron chi connectivity index (χ4n) is 2.39. The van der Waals surface area contributed by atoms with Crippen molar-refractivity contribution in [3.05, 3.63) is 57.4 Å². The maximum Gasteiger partial charge on any atom is 0.262 e. The van der Waals surface area contributed by atoms with Gasteiger partial charge < -0.3 is 5.32 Å². The van der Waals surface area contributed by atoms with Gasteiger partial charge in [0.25, 0.3) is 5.56 Å². The zero-order chi connectivity index (χ0) is 16.5. The summed E-state index contributed by atoms with van der Waals surface area (Å²) in [6.45, 7) is 0.295. The van der Waals surface area contributed by atoms with E-state index in [2.05, 4.69) is 15.3 Å². The molecule has 3 heterocycles. The third-order valence-electron chi connectivity index (χ3n) is 3.54. The maximum absolute atomic E-state index is 12.3. The lowest BCUT2D eigenvalue weighted by atomic mass is 10.3. The first-order valence-electron chi connectivity index (χ1n) is 7.24. The highest BCUT2D eigenvalue weighted by atomic mass is 32.1. The van der Waals surface area contributed by atoms with E-state index < -0.39 is 0 Å². The van der Waals surface area contributed by atoms with Crippen LogP contribution in [-0.4, -0.2) is 20.4 Å². The Balaban J connectivity index is 1.46. The van der Waals surface area contributed by atoms with Gasteiger partial charge in [-0.2, -0.15) is 0 Å². The molecule has 3 aromatic heterocycles. The van der Waals surface area contributed by atoms with Gasteiger partial charge in [-0.15, -0.1) is 22.7 Å². The Morgan fingerprint density at radius 1 is 1.25 bits per heavy atom. The van der Waals surface area contributed by atoms with E-state index >= 15 is 0 Å². The Kier molecular flexibility index (Phi) is 3.83. The Morgan fingerprint density at radius 2 is 2.12 bits per heavy atom. The lowest BCUT2D eigenvalue weighted by Gasteiger charge is -2.05. The van der Waals surface area contributed by atoms with Crippen LogP contribution in [0.5, 0.6) is 0 Å². The number of nitrogens with zero attached hydrogens (tertiary/aromatic N) is 3. The summed E-state index contributed by atoms with van der Waals surface area (Å²) in [7, 11) is 0. The summed E-state index contributed by atoms with van der Waals surface area (Å²) < 4.78 is 2.41. The lowest BCUT2D eigenvalue weighted by molar-refractivity contribution is -0.121. The number of aromatic nitrogens is 3. The van der Waals surface area contributed by atoms with Crippen molar-refractivity contribution in [1.29, 1.82) is 0 Å². The molecular formula is C16H12N4O2S2. The first kappa shape index (κ1) is 15.0. The predicted octanol–water partition coefficient (Wildman–Crippen LogP) is 2.38. The quantitative estimate of drug-likeness (QED) is 0.609. The highest BCUT2D eigenvalue weighted by Gasteiger charge is 2.10. The molecule has 6 nitrogen and oxygen atoms in total. The molecule has 0 atom stereocenters. The molecule has 120 valence electrons. The molecule has 0 aliphatic carbocycles. The maximum atomic E-state index is 12.3. The number of para-hydroxylation sites is 1. The summed E-state index contributed by atoms with van der Waals surface area (Å²) in [6, 6.07) is 9.57. The number of carbonyl (C=O) groups is 1. The van der Waals surface area contributed by atoms with Crippen LogP contribution in [0.2, 0.25) is 0 Å². The minimum atomic E-state index is -0.243. The van der Waals surface area contributed by atoms with Gasteiger partial charge in [0, 0.05) is 0 Å². The van der Waals surface area contributed by atoms with Crippen molar-refractivity contribution in [2.45, 2.75) is 13.1 Å². The summed E-state index contributed by atoms with van der Waals surface area (Å²) >= 11 is 2.95. The van der Waals surface area contributed by atoms with Crippen molar-refractivity contribution in [1.82, 2.24) is 19.9 Å². The molecule has 0 saturated carbocycles. The first-order valence-corrected chi connectivity index (χ1v) is 8.94. The van der Waals surface area contributed by atoms with Gasteiger partial charge in [0.2, 0.25) is 5.91 Å². The van der Waals surface area contributed by atoms with Gasteiger partial charge in [0.1, 0.15) is 16.4 Å². The molecule has 0 saturated heterocycles. The Hall–Kier alpha value is -2.58. The molecular weight excluding hydrogens is 344 g/mol. The van der Waals surface area contributed by atoms with Gasteiger partial charge in [0.15, 0.2) is 0 Å². The Morgan fingerprint density at radius 3 is 3.00 bits per heavy atom.